The minimum atomic E-state index is -3.53. The van der Waals surface area contributed by atoms with Gasteiger partial charge in [0.1, 0.15) is 0 Å². The van der Waals surface area contributed by atoms with Gasteiger partial charge in [-0.25, -0.2) is 8.42 Å². The van der Waals surface area contributed by atoms with Crippen molar-refractivity contribution in [3.8, 4) is 0 Å². The Kier molecular flexibility index (Phi) is 5.99. The molecule has 7 heteroatoms. The van der Waals surface area contributed by atoms with Gasteiger partial charge in [-0.3, -0.25) is 4.79 Å². The second-order valence-electron chi connectivity index (χ2n) is 7.49. The van der Waals surface area contributed by atoms with Crippen LogP contribution in [0.5, 0.6) is 0 Å². The lowest BCUT2D eigenvalue weighted by molar-refractivity contribution is 0.0933. The number of sulfonamides is 1. The van der Waals surface area contributed by atoms with E-state index in [0.717, 1.165) is 38.5 Å². The number of nitrogens with zero attached hydrogens (tertiary/aromatic N) is 1. The Morgan fingerprint density at radius 2 is 1.77 bits per heavy atom. The van der Waals surface area contributed by atoms with Gasteiger partial charge in [-0.2, -0.15) is 4.31 Å². The van der Waals surface area contributed by atoms with Gasteiger partial charge in [0.2, 0.25) is 10.0 Å². The van der Waals surface area contributed by atoms with Crippen molar-refractivity contribution in [2.45, 2.75) is 61.9 Å². The molecule has 0 saturated heterocycles. The number of nitrogens with two attached hydrogens (primary N) is 1. The predicted octanol–water partition coefficient (Wildman–Crippen LogP) is 2.11. The average Bonchev–Trinajstić information content (AvgIpc) is 3.51. The van der Waals surface area contributed by atoms with Crippen molar-refractivity contribution in [2.75, 3.05) is 13.6 Å². The first kappa shape index (κ1) is 19.3. The van der Waals surface area contributed by atoms with Gasteiger partial charge in [-0.05, 0) is 55.9 Å². The normalized spacial score (nSPS) is 20.1. The average molecular weight is 380 g/mol. The summed E-state index contributed by atoms with van der Waals surface area (Å²) in [5.41, 5.74) is 6.19. The number of hydrogen-bond donors (Lipinski definition) is 2. The topological polar surface area (TPSA) is 92.5 Å². The van der Waals surface area contributed by atoms with Crippen molar-refractivity contribution in [1.29, 1.82) is 0 Å². The van der Waals surface area contributed by atoms with E-state index >= 15 is 0 Å². The molecule has 0 spiro atoms. The molecule has 0 bridgehead atoms. The smallest absolute Gasteiger partial charge is 0.251 e. The maximum absolute atomic E-state index is 12.8. The summed E-state index contributed by atoms with van der Waals surface area (Å²) in [6, 6.07) is 6.29. The molecule has 1 amide bonds. The molecule has 6 nitrogen and oxygen atoms in total. The van der Waals surface area contributed by atoms with Crippen LogP contribution in [0.25, 0.3) is 0 Å². The highest BCUT2D eigenvalue weighted by atomic mass is 32.2. The van der Waals surface area contributed by atoms with Crippen LogP contribution in [0.15, 0.2) is 29.2 Å². The van der Waals surface area contributed by atoms with Gasteiger partial charge < -0.3 is 11.1 Å². The Labute approximate surface area is 156 Å². The minimum absolute atomic E-state index is 0.00310. The van der Waals surface area contributed by atoms with Crippen molar-refractivity contribution >= 4 is 15.9 Å². The minimum Gasteiger partial charge on any atom is -0.348 e. The van der Waals surface area contributed by atoms with Gasteiger partial charge in [0, 0.05) is 31.2 Å². The molecule has 1 aromatic rings. The molecule has 2 aliphatic rings. The van der Waals surface area contributed by atoms with Crippen LogP contribution < -0.4 is 11.1 Å². The van der Waals surface area contributed by atoms with Crippen molar-refractivity contribution < 1.29 is 13.2 Å². The molecule has 1 atom stereocenters. The third-order valence-corrected chi connectivity index (χ3v) is 7.57. The molecule has 0 aromatic heterocycles. The van der Waals surface area contributed by atoms with Gasteiger partial charge in [0.15, 0.2) is 0 Å². The summed E-state index contributed by atoms with van der Waals surface area (Å²) in [5, 5.41) is 2.95. The molecule has 1 aromatic carbocycles. The van der Waals surface area contributed by atoms with E-state index < -0.39 is 10.0 Å². The maximum atomic E-state index is 12.8. The van der Waals surface area contributed by atoms with Crippen LogP contribution in [0.2, 0.25) is 0 Å². The molecule has 3 N–H and O–H groups in total. The first-order valence-corrected chi connectivity index (χ1v) is 11.0. The van der Waals surface area contributed by atoms with Crippen molar-refractivity contribution in [2.24, 2.45) is 11.7 Å². The molecule has 144 valence electrons. The lowest BCUT2D eigenvalue weighted by Crippen LogP contribution is -2.41. The fourth-order valence-corrected chi connectivity index (χ4v) is 5.12. The van der Waals surface area contributed by atoms with Crippen LogP contribution in [0.1, 0.15) is 55.3 Å². The van der Waals surface area contributed by atoms with Crippen LogP contribution in [-0.2, 0) is 10.0 Å². The Bertz CT molecular complexity index is 723. The molecule has 1 unspecified atom stereocenters. The molecule has 26 heavy (non-hydrogen) atoms. The van der Waals surface area contributed by atoms with Crippen molar-refractivity contribution in [1.82, 2.24) is 9.62 Å². The van der Waals surface area contributed by atoms with E-state index in [1.165, 1.54) is 22.9 Å². The molecule has 0 aliphatic heterocycles. The fourth-order valence-electron chi connectivity index (χ4n) is 3.70. The Morgan fingerprint density at radius 3 is 2.31 bits per heavy atom. The number of rotatable bonds is 7. The lowest BCUT2D eigenvalue weighted by atomic mass is 9.96. The van der Waals surface area contributed by atoms with E-state index in [0.29, 0.717) is 18.0 Å². The molecule has 0 radical (unpaired) electrons. The Balaban J connectivity index is 1.68. The zero-order valence-corrected chi connectivity index (χ0v) is 16.2. The van der Waals surface area contributed by atoms with E-state index in [1.807, 2.05) is 0 Å². The zero-order chi connectivity index (χ0) is 18.7. The van der Waals surface area contributed by atoms with Crippen LogP contribution in [0.3, 0.4) is 0 Å². The van der Waals surface area contributed by atoms with Gasteiger partial charge in [0.05, 0.1) is 4.90 Å². The first-order valence-electron chi connectivity index (χ1n) is 9.52. The van der Waals surface area contributed by atoms with Gasteiger partial charge >= 0.3 is 0 Å². The molecule has 0 heterocycles. The number of hydrogen-bond acceptors (Lipinski definition) is 4. The molecule has 2 fully saturated rings. The third kappa shape index (κ3) is 4.27. The summed E-state index contributed by atoms with van der Waals surface area (Å²) in [7, 11) is -1.87. The van der Waals surface area contributed by atoms with Gasteiger partial charge in [0.25, 0.3) is 5.91 Å². The number of carbonyl (C=O) groups is 1. The largest absolute Gasteiger partial charge is 0.348 e. The van der Waals surface area contributed by atoms with E-state index in [9.17, 15) is 13.2 Å². The van der Waals surface area contributed by atoms with Crippen molar-refractivity contribution in [3.05, 3.63) is 29.8 Å². The molecule has 2 saturated carbocycles. The lowest BCUT2D eigenvalue weighted by Gasteiger charge is -2.30. The monoisotopic (exact) mass is 379 g/mol. The second-order valence-corrected chi connectivity index (χ2v) is 9.49. The van der Waals surface area contributed by atoms with Crippen LogP contribution in [0.4, 0.5) is 0 Å². The number of amides is 1. The van der Waals surface area contributed by atoms with E-state index in [1.54, 1.807) is 19.2 Å². The van der Waals surface area contributed by atoms with Crippen LogP contribution >= 0.6 is 0 Å². The summed E-state index contributed by atoms with van der Waals surface area (Å²) in [4.78, 5) is 12.6. The SMILES string of the molecule is CN(C1CCCCC1)S(=O)(=O)c1ccc(C(=O)NC(CN)C2CC2)cc1. The van der Waals surface area contributed by atoms with Gasteiger partial charge in [-0.15, -0.1) is 0 Å². The molecular formula is C19H29N3O3S. The molecule has 2 aliphatic carbocycles. The predicted molar refractivity (Wildman–Crippen MR) is 101 cm³/mol. The summed E-state index contributed by atoms with van der Waals surface area (Å²) in [6.45, 7) is 0.426. The highest BCUT2D eigenvalue weighted by Crippen LogP contribution is 2.32. The summed E-state index contributed by atoms with van der Waals surface area (Å²) < 4.78 is 27.2. The van der Waals surface area contributed by atoms with Gasteiger partial charge in [-0.1, -0.05) is 19.3 Å². The fraction of sp³-hybridized carbons (Fsp3) is 0.632. The summed E-state index contributed by atoms with van der Waals surface area (Å²) in [5.74, 6) is 0.282. The van der Waals surface area contributed by atoms with E-state index in [2.05, 4.69) is 5.32 Å². The summed E-state index contributed by atoms with van der Waals surface area (Å²) >= 11 is 0. The number of carbonyl (C=O) groups excluding carboxylic acids is 1. The highest BCUT2D eigenvalue weighted by molar-refractivity contribution is 7.89. The number of benzene rings is 1. The highest BCUT2D eigenvalue weighted by Gasteiger charge is 2.32. The van der Waals surface area contributed by atoms with Crippen molar-refractivity contribution in [3.63, 3.8) is 0 Å². The summed E-state index contributed by atoms with van der Waals surface area (Å²) in [6.07, 6.45) is 7.37. The first-order chi connectivity index (χ1) is 12.4. The zero-order valence-electron chi connectivity index (χ0n) is 15.4. The Hall–Kier alpha value is -1.44. The standard InChI is InChI=1S/C19H29N3O3S/c1-22(16-5-3-2-4-6-16)26(24,25)17-11-9-15(10-12-17)19(23)21-18(13-20)14-7-8-14/h9-12,14,16,18H,2-8,13,20H2,1H3,(H,21,23). The maximum Gasteiger partial charge on any atom is 0.251 e. The van der Waals surface area contributed by atoms with E-state index in [4.69, 9.17) is 5.73 Å². The number of nitrogens with one attached hydrogen (secondary N) is 1. The van der Waals surface area contributed by atoms with Crippen LogP contribution in [0, 0.1) is 5.92 Å². The quantitative estimate of drug-likeness (QED) is 0.759. The third-order valence-electron chi connectivity index (χ3n) is 5.64. The molecular weight excluding hydrogens is 350 g/mol. The second kappa shape index (κ2) is 8.06. The van der Waals surface area contributed by atoms with E-state index in [-0.39, 0.29) is 22.9 Å². The van der Waals surface area contributed by atoms with Crippen LogP contribution in [-0.4, -0.2) is 44.3 Å². The molecule has 3 rings (SSSR count). The Morgan fingerprint density at radius 1 is 1.15 bits per heavy atom.